The Morgan fingerprint density at radius 2 is 1.75 bits per heavy atom. The van der Waals surface area contributed by atoms with E-state index in [1.165, 1.54) is 13.0 Å². The second-order valence-electron chi connectivity index (χ2n) is 13.3. The van der Waals surface area contributed by atoms with Gasteiger partial charge in [-0.1, -0.05) is 52.7 Å². The van der Waals surface area contributed by atoms with Gasteiger partial charge in [0, 0.05) is 41.1 Å². The highest BCUT2D eigenvalue weighted by Crippen LogP contribution is 2.71. The summed E-state index contributed by atoms with van der Waals surface area (Å²) in [6.45, 7) is 13.8. The molecular weight excluding hydrogens is 456 g/mol. The van der Waals surface area contributed by atoms with Crippen molar-refractivity contribution in [2.75, 3.05) is 0 Å². The summed E-state index contributed by atoms with van der Waals surface area (Å²) in [6.07, 6.45) is 4.25. The number of carbonyl (C=O) groups excluding carboxylic acids is 3. The van der Waals surface area contributed by atoms with Crippen LogP contribution in [0.5, 0.6) is 0 Å². The maximum atomic E-state index is 14.0. The maximum absolute atomic E-state index is 14.0. The Kier molecular flexibility index (Phi) is 6.35. The fraction of sp³-hybridized carbons (Fsp3) is 0.733. The summed E-state index contributed by atoms with van der Waals surface area (Å²) in [7, 11) is 0. The van der Waals surface area contributed by atoms with Crippen LogP contribution in [0.25, 0.3) is 0 Å². The van der Waals surface area contributed by atoms with Gasteiger partial charge >= 0.3 is 5.97 Å². The van der Waals surface area contributed by atoms with E-state index in [2.05, 4.69) is 20.8 Å². The average molecular weight is 499 g/mol. The van der Waals surface area contributed by atoms with Crippen molar-refractivity contribution in [2.24, 2.45) is 39.4 Å². The van der Waals surface area contributed by atoms with E-state index in [1.54, 1.807) is 0 Å². The summed E-state index contributed by atoms with van der Waals surface area (Å²) in [5.41, 5.74) is 0.738. The zero-order valence-corrected chi connectivity index (χ0v) is 22.9. The molecule has 0 aromatic heterocycles. The molecule has 0 bridgehead atoms. The molecule has 0 spiro atoms. The van der Waals surface area contributed by atoms with E-state index in [-0.39, 0.29) is 41.0 Å². The molecule has 4 rings (SSSR count). The molecule has 2 N–H and O–H groups in total. The molecule has 0 aromatic carbocycles. The molecule has 0 aliphatic heterocycles. The van der Waals surface area contributed by atoms with Gasteiger partial charge in [0.25, 0.3) is 0 Å². The molecule has 0 heterocycles. The second kappa shape index (κ2) is 8.47. The van der Waals surface area contributed by atoms with Crippen molar-refractivity contribution in [1.29, 1.82) is 0 Å². The minimum atomic E-state index is -1.00. The van der Waals surface area contributed by atoms with E-state index in [0.29, 0.717) is 32.1 Å². The van der Waals surface area contributed by atoms with Crippen LogP contribution in [0.4, 0.5) is 0 Å². The first kappa shape index (κ1) is 27.0. The molecule has 198 valence electrons. The number of allylic oxidation sites excluding steroid dienone is 3. The predicted octanol–water partition coefficient (Wildman–Crippen LogP) is 5.08. The van der Waals surface area contributed by atoms with E-state index < -0.39 is 34.2 Å². The summed E-state index contributed by atoms with van der Waals surface area (Å²) in [4.78, 5) is 50.6. The molecule has 0 saturated heterocycles. The van der Waals surface area contributed by atoms with E-state index >= 15 is 0 Å². The van der Waals surface area contributed by atoms with E-state index in [9.17, 15) is 24.3 Å². The smallest absolute Gasteiger partial charge is 0.306 e. The first-order valence-corrected chi connectivity index (χ1v) is 13.4. The van der Waals surface area contributed by atoms with Crippen LogP contribution in [0.1, 0.15) is 93.4 Å². The van der Waals surface area contributed by atoms with Crippen LogP contribution in [-0.4, -0.2) is 39.6 Å². The summed E-state index contributed by atoms with van der Waals surface area (Å²) in [5.74, 6) is -1.65. The van der Waals surface area contributed by atoms with Crippen LogP contribution in [0.3, 0.4) is 0 Å². The van der Waals surface area contributed by atoms with Crippen molar-refractivity contribution in [3.63, 3.8) is 0 Å². The zero-order chi connectivity index (χ0) is 27.0. The number of ketones is 3. The van der Waals surface area contributed by atoms with E-state index in [0.717, 1.165) is 23.1 Å². The van der Waals surface area contributed by atoms with Crippen molar-refractivity contribution >= 4 is 23.3 Å². The van der Waals surface area contributed by atoms with Crippen LogP contribution in [-0.2, 0) is 19.2 Å². The predicted molar refractivity (Wildman–Crippen MR) is 136 cm³/mol. The number of rotatable bonds is 5. The van der Waals surface area contributed by atoms with Crippen LogP contribution >= 0.6 is 0 Å². The van der Waals surface area contributed by atoms with Crippen LogP contribution in [0.2, 0.25) is 0 Å². The molecule has 4 aliphatic carbocycles. The van der Waals surface area contributed by atoms with Gasteiger partial charge < -0.3 is 10.2 Å². The van der Waals surface area contributed by atoms with Crippen molar-refractivity contribution in [2.45, 2.75) is 99.5 Å². The molecule has 4 aliphatic rings. The quantitative estimate of drug-likeness (QED) is 0.512. The number of aliphatic carboxylic acids is 1. The highest BCUT2D eigenvalue weighted by Gasteiger charge is 2.68. The number of fused-ring (bicyclic) bond motifs is 4. The van der Waals surface area contributed by atoms with Gasteiger partial charge in [0.05, 0.1) is 12.0 Å². The molecule has 36 heavy (non-hydrogen) atoms. The Balaban J connectivity index is 1.76. The average Bonchev–Trinajstić information content (AvgIpc) is 2.97. The molecular formula is C30H42O6. The lowest BCUT2D eigenvalue weighted by Gasteiger charge is -2.60. The summed E-state index contributed by atoms with van der Waals surface area (Å²) in [5, 5.41) is 20.7. The molecule has 2 fully saturated rings. The molecule has 0 amide bonds. The number of carbonyl (C=O) groups is 4. The third-order valence-electron chi connectivity index (χ3n) is 11.2. The molecule has 6 nitrogen and oxygen atoms in total. The van der Waals surface area contributed by atoms with Crippen molar-refractivity contribution < 1.29 is 29.4 Å². The highest BCUT2D eigenvalue weighted by molar-refractivity contribution is 6.01. The van der Waals surface area contributed by atoms with Crippen molar-refractivity contribution in [3.8, 4) is 0 Å². The standard InChI is InChI=1S/C30H42O6/c1-16(12-18(31)13-17(2)26(35)36)20-14-24(34)30(7)19-8-9-22-27(3,4)23(33)10-11-28(22,5)25(19)21(32)15-29(20,30)6/h12,17,20,22,24,34H,8-11,13-15H2,1-7H3,(H,35,36)/b16-12+/t17?,20-,22+,24+,28+,29-,30-/m1/s1. The third-order valence-corrected chi connectivity index (χ3v) is 11.2. The van der Waals surface area contributed by atoms with E-state index in [4.69, 9.17) is 5.11 Å². The van der Waals surface area contributed by atoms with Gasteiger partial charge in [-0.25, -0.2) is 0 Å². The molecule has 0 radical (unpaired) electrons. The Hall–Kier alpha value is -2.08. The molecule has 7 atom stereocenters. The number of aliphatic hydroxyl groups is 1. The maximum Gasteiger partial charge on any atom is 0.306 e. The second-order valence-corrected chi connectivity index (χ2v) is 13.3. The topological polar surface area (TPSA) is 109 Å². The molecule has 1 unspecified atom stereocenters. The van der Waals surface area contributed by atoms with Gasteiger partial charge in [0.1, 0.15) is 5.78 Å². The van der Waals surface area contributed by atoms with Gasteiger partial charge in [0.2, 0.25) is 0 Å². The molecule has 2 saturated carbocycles. The highest BCUT2D eigenvalue weighted by atomic mass is 16.4. The monoisotopic (exact) mass is 498 g/mol. The first-order valence-electron chi connectivity index (χ1n) is 13.4. The van der Waals surface area contributed by atoms with Gasteiger partial charge in [0.15, 0.2) is 11.6 Å². The number of carboxylic acid groups (broad SMARTS) is 1. The molecule has 6 heteroatoms. The van der Waals surface area contributed by atoms with Gasteiger partial charge in [-0.3, -0.25) is 19.2 Å². The third kappa shape index (κ3) is 3.53. The lowest BCUT2D eigenvalue weighted by Crippen LogP contribution is -2.57. The van der Waals surface area contributed by atoms with Gasteiger partial charge in [-0.05, 0) is 55.9 Å². The van der Waals surface area contributed by atoms with Crippen LogP contribution < -0.4 is 0 Å². The SMILES string of the molecule is C/C(=C\C(=O)CC(C)C(=O)O)[C@H]1C[C@H](O)[C@@]2(C)C3=C(C(=O)C[C@]12C)[C@@]1(C)CCC(=O)C(C)(C)[C@@H]1CC3. The number of hydrogen-bond donors (Lipinski definition) is 2. The van der Waals surface area contributed by atoms with Gasteiger partial charge in [-0.2, -0.15) is 0 Å². The lowest BCUT2D eigenvalue weighted by molar-refractivity contribution is -0.142. The number of aliphatic hydroxyl groups excluding tert-OH is 1. The van der Waals surface area contributed by atoms with Crippen molar-refractivity contribution in [1.82, 2.24) is 0 Å². The summed E-state index contributed by atoms with van der Waals surface area (Å²) < 4.78 is 0. The van der Waals surface area contributed by atoms with Crippen LogP contribution in [0.15, 0.2) is 22.8 Å². The van der Waals surface area contributed by atoms with Crippen molar-refractivity contribution in [3.05, 3.63) is 22.8 Å². The summed E-state index contributed by atoms with van der Waals surface area (Å²) >= 11 is 0. The Morgan fingerprint density at radius 1 is 1.11 bits per heavy atom. The number of Topliss-reactive ketones (excluding diaryl/α,β-unsaturated/α-hetero) is 2. The largest absolute Gasteiger partial charge is 0.481 e. The fourth-order valence-electron chi connectivity index (χ4n) is 8.83. The summed E-state index contributed by atoms with van der Waals surface area (Å²) in [6, 6.07) is 0. The minimum Gasteiger partial charge on any atom is -0.481 e. The van der Waals surface area contributed by atoms with Gasteiger partial charge in [-0.15, -0.1) is 0 Å². The fourth-order valence-corrected chi connectivity index (χ4v) is 8.83. The normalized spacial score (nSPS) is 40.9. The van der Waals surface area contributed by atoms with E-state index in [1.807, 2.05) is 20.8 Å². The number of hydrogen-bond acceptors (Lipinski definition) is 5. The Labute approximate surface area is 214 Å². The number of carboxylic acids is 1. The first-order chi connectivity index (χ1) is 16.5. The Morgan fingerprint density at radius 3 is 2.36 bits per heavy atom. The zero-order valence-electron chi connectivity index (χ0n) is 22.9. The Bertz CT molecular complexity index is 1090. The minimum absolute atomic E-state index is 0.0710. The molecule has 0 aromatic rings. The van der Waals surface area contributed by atoms with Crippen LogP contribution in [0, 0.1) is 39.4 Å². The lowest BCUT2D eigenvalue weighted by atomic mass is 9.43.